The zero-order chi connectivity index (χ0) is 24.5. The molecule has 0 atom stereocenters. The van der Waals surface area contributed by atoms with Gasteiger partial charge in [0.25, 0.3) is 11.6 Å². The van der Waals surface area contributed by atoms with Gasteiger partial charge in [0.2, 0.25) is 10.0 Å². The number of rotatable bonds is 7. The zero-order valence-electron chi connectivity index (χ0n) is 20.1. The van der Waals surface area contributed by atoms with Crippen LogP contribution < -0.4 is 10.2 Å². The number of fused-ring (bicyclic) bond motifs is 1. The molecule has 0 aliphatic carbocycles. The van der Waals surface area contributed by atoms with Gasteiger partial charge in [-0.1, -0.05) is 11.6 Å². The van der Waals surface area contributed by atoms with Crippen LogP contribution in [0.3, 0.4) is 0 Å². The SMILES string of the molecule is CCN(CC)c1ccc(S(=O)(=O)N2CCCCC2)cc1NC(=O)c1cc(C)nc2onc(C)c12. The molecule has 1 amide bonds. The fourth-order valence-electron chi connectivity index (χ4n) is 4.46. The van der Waals surface area contributed by atoms with Crippen molar-refractivity contribution in [1.82, 2.24) is 14.4 Å². The molecule has 0 unspecified atom stereocenters. The number of hydrogen-bond donors (Lipinski definition) is 1. The van der Waals surface area contributed by atoms with Gasteiger partial charge in [0.05, 0.1) is 32.9 Å². The van der Waals surface area contributed by atoms with Crippen molar-refractivity contribution in [1.29, 1.82) is 0 Å². The molecule has 0 radical (unpaired) electrons. The van der Waals surface area contributed by atoms with Crippen LogP contribution in [0.1, 0.15) is 54.9 Å². The number of aromatic nitrogens is 2. The van der Waals surface area contributed by atoms with Gasteiger partial charge in [0, 0.05) is 31.9 Å². The van der Waals surface area contributed by atoms with E-state index in [9.17, 15) is 13.2 Å². The van der Waals surface area contributed by atoms with Gasteiger partial charge in [-0.3, -0.25) is 4.79 Å². The molecule has 0 spiro atoms. The number of piperidine rings is 1. The maximum absolute atomic E-state index is 13.5. The molecular weight excluding hydrogens is 454 g/mol. The van der Waals surface area contributed by atoms with E-state index in [0.29, 0.717) is 59.9 Å². The minimum Gasteiger partial charge on any atom is -0.370 e. The van der Waals surface area contributed by atoms with Crippen LogP contribution in [0.2, 0.25) is 0 Å². The molecule has 34 heavy (non-hydrogen) atoms. The number of nitrogens with zero attached hydrogens (tertiary/aromatic N) is 4. The van der Waals surface area contributed by atoms with Crippen LogP contribution in [-0.4, -0.2) is 54.9 Å². The summed E-state index contributed by atoms with van der Waals surface area (Å²) in [5.74, 6) is -0.372. The number of pyridine rings is 1. The number of anilines is 2. The van der Waals surface area contributed by atoms with Crippen molar-refractivity contribution in [2.45, 2.75) is 51.9 Å². The van der Waals surface area contributed by atoms with E-state index in [4.69, 9.17) is 4.52 Å². The Morgan fingerprint density at radius 2 is 1.82 bits per heavy atom. The van der Waals surface area contributed by atoms with E-state index in [-0.39, 0.29) is 10.8 Å². The molecular formula is C24H31N5O4S. The molecule has 0 bridgehead atoms. The Morgan fingerprint density at radius 1 is 1.12 bits per heavy atom. The van der Waals surface area contributed by atoms with Crippen LogP contribution in [-0.2, 0) is 10.0 Å². The van der Waals surface area contributed by atoms with Crippen molar-refractivity contribution in [3.8, 4) is 0 Å². The highest BCUT2D eigenvalue weighted by Crippen LogP contribution is 2.32. The monoisotopic (exact) mass is 485 g/mol. The molecule has 1 aromatic carbocycles. The summed E-state index contributed by atoms with van der Waals surface area (Å²) in [7, 11) is -3.65. The van der Waals surface area contributed by atoms with Crippen LogP contribution in [0, 0.1) is 13.8 Å². The van der Waals surface area contributed by atoms with Crippen molar-refractivity contribution in [3.63, 3.8) is 0 Å². The molecule has 10 heteroatoms. The maximum Gasteiger partial charge on any atom is 0.258 e. The van der Waals surface area contributed by atoms with E-state index in [0.717, 1.165) is 24.9 Å². The van der Waals surface area contributed by atoms with Crippen molar-refractivity contribution in [3.05, 3.63) is 41.2 Å². The van der Waals surface area contributed by atoms with Gasteiger partial charge in [-0.15, -0.1) is 0 Å². The van der Waals surface area contributed by atoms with Gasteiger partial charge >= 0.3 is 0 Å². The molecule has 4 rings (SSSR count). The van der Waals surface area contributed by atoms with E-state index < -0.39 is 10.0 Å². The van der Waals surface area contributed by atoms with Crippen LogP contribution in [0.25, 0.3) is 11.1 Å². The van der Waals surface area contributed by atoms with Gasteiger partial charge in [0.15, 0.2) is 0 Å². The smallest absolute Gasteiger partial charge is 0.258 e. The lowest BCUT2D eigenvalue weighted by atomic mass is 10.1. The summed E-state index contributed by atoms with van der Waals surface area (Å²) in [4.78, 5) is 20.0. The third kappa shape index (κ3) is 4.52. The van der Waals surface area contributed by atoms with Crippen molar-refractivity contribution >= 4 is 38.4 Å². The summed E-state index contributed by atoms with van der Waals surface area (Å²) < 4.78 is 33.4. The molecule has 1 aliphatic heterocycles. The Hall–Kier alpha value is -2.98. The quantitative estimate of drug-likeness (QED) is 0.536. The molecule has 1 N–H and O–H groups in total. The fraction of sp³-hybridized carbons (Fsp3) is 0.458. The zero-order valence-corrected chi connectivity index (χ0v) is 20.9. The number of sulfonamides is 1. The lowest BCUT2D eigenvalue weighted by Gasteiger charge is -2.28. The van der Waals surface area contributed by atoms with E-state index in [1.54, 1.807) is 38.1 Å². The summed E-state index contributed by atoms with van der Waals surface area (Å²) in [5, 5.41) is 7.46. The molecule has 3 heterocycles. The topological polar surface area (TPSA) is 109 Å². The second kappa shape index (κ2) is 9.71. The summed E-state index contributed by atoms with van der Waals surface area (Å²) in [6.45, 7) is 10.0. The van der Waals surface area contributed by atoms with Gasteiger partial charge in [-0.05, 0) is 64.8 Å². The van der Waals surface area contributed by atoms with E-state index in [1.165, 1.54) is 4.31 Å². The highest BCUT2D eigenvalue weighted by atomic mass is 32.2. The van der Waals surface area contributed by atoms with Crippen LogP contribution in [0.5, 0.6) is 0 Å². The van der Waals surface area contributed by atoms with Crippen LogP contribution >= 0.6 is 0 Å². The van der Waals surface area contributed by atoms with Gasteiger partial charge in [0.1, 0.15) is 0 Å². The predicted molar refractivity (Wildman–Crippen MR) is 132 cm³/mol. The minimum atomic E-state index is -3.65. The summed E-state index contributed by atoms with van der Waals surface area (Å²) in [6.07, 6.45) is 2.75. The Labute approximate surface area is 200 Å². The normalized spacial score (nSPS) is 14.9. The molecule has 3 aromatic rings. The largest absolute Gasteiger partial charge is 0.370 e. The standard InChI is InChI=1S/C24H31N5O4S/c1-5-28(6-2)21-11-10-18(34(31,32)29-12-8-7-9-13-29)15-20(21)26-23(30)19-14-16(3)25-24-22(19)17(4)27-33-24/h10-11,14-15H,5-9,12-13H2,1-4H3,(H,26,30). The lowest BCUT2D eigenvalue weighted by molar-refractivity contribution is 0.102. The molecule has 1 saturated heterocycles. The average molecular weight is 486 g/mol. The first-order valence-electron chi connectivity index (χ1n) is 11.7. The number of carbonyl (C=O) groups is 1. The second-order valence-corrected chi connectivity index (χ2v) is 10.5. The number of benzene rings is 1. The lowest BCUT2D eigenvalue weighted by Crippen LogP contribution is -2.35. The molecule has 2 aromatic heterocycles. The maximum atomic E-state index is 13.5. The van der Waals surface area contributed by atoms with E-state index in [2.05, 4.69) is 20.4 Å². The molecule has 1 aliphatic rings. The Bertz CT molecular complexity index is 1310. The van der Waals surface area contributed by atoms with Crippen LogP contribution in [0.15, 0.2) is 33.7 Å². The third-order valence-corrected chi connectivity index (χ3v) is 8.16. The molecule has 182 valence electrons. The van der Waals surface area contributed by atoms with Crippen molar-refractivity contribution < 1.29 is 17.7 Å². The number of nitrogens with one attached hydrogen (secondary N) is 1. The first-order valence-corrected chi connectivity index (χ1v) is 13.1. The average Bonchev–Trinajstić information content (AvgIpc) is 3.20. The predicted octanol–water partition coefficient (Wildman–Crippen LogP) is 4.11. The van der Waals surface area contributed by atoms with Crippen molar-refractivity contribution in [2.75, 3.05) is 36.4 Å². The third-order valence-electron chi connectivity index (χ3n) is 6.26. The van der Waals surface area contributed by atoms with Gasteiger partial charge in [-0.25, -0.2) is 13.4 Å². The molecule has 1 fully saturated rings. The Morgan fingerprint density at radius 3 is 2.50 bits per heavy atom. The van der Waals surface area contributed by atoms with Crippen molar-refractivity contribution in [2.24, 2.45) is 0 Å². The highest BCUT2D eigenvalue weighted by molar-refractivity contribution is 7.89. The number of amides is 1. The second-order valence-electron chi connectivity index (χ2n) is 8.53. The number of hydrogen-bond acceptors (Lipinski definition) is 7. The Balaban J connectivity index is 1.77. The minimum absolute atomic E-state index is 0.179. The highest BCUT2D eigenvalue weighted by Gasteiger charge is 2.28. The summed E-state index contributed by atoms with van der Waals surface area (Å²) in [6, 6.07) is 6.66. The number of carbonyl (C=O) groups excluding carboxylic acids is 1. The van der Waals surface area contributed by atoms with E-state index >= 15 is 0 Å². The summed E-state index contributed by atoms with van der Waals surface area (Å²) in [5.41, 5.74) is 3.09. The van der Waals surface area contributed by atoms with E-state index in [1.807, 2.05) is 13.8 Å². The summed E-state index contributed by atoms with van der Waals surface area (Å²) >= 11 is 0. The Kier molecular flexibility index (Phi) is 6.90. The first kappa shape index (κ1) is 24.2. The molecule has 9 nitrogen and oxygen atoms in total. The van der Waals surface area contributed by atoms with Crippen LogP contribution in [0.4, 0.5) is 11.4 Å². The fourth-order valence-corrected chi connectivity index (χ4v) is 6.00. The van der Waals surface area contributed by atoms with Gasteiger partial charge in [-0.2, -0.15) is 4.31 Å². The number of aryl methyl sites for hydroxylation is 2. The first-order chi connectivity index (χ1) is 16.3. The van der Waals surface area contributed by atoms with Gasteiger partial charge < -0.3 is 14.7 Å². The molecule has 0 saturated carbocycles.